The SMILES string of the molecule is CCOC(=O)C1(C(=O)OCC)CC2(CC3(CC(COS(C)(=O)=O)(COS(C)(=O)=O)C3)C2)C1. The molecule has 3 aliphatic carbocycles. The number of esters is 2. The predicted octanol–water partition coefficient (Wildman–Crippen LogP) is 1.39. The summed E-state index contributed by atoms with van der Waals surface area (Å²) in [5.41, 5.74) is -2.23. The largest absolute Gasteiger partial charge is 0.465 e. The molecule has 3 rings (SSSR count). The molecule has 3 fully saturated rings. The van der Waals surface area contributed by atoms with Crippen LogP contribution in [0.5, 0.6) is 0 Å². The Morgan fingerprint density at radius 3 is 1.41 bits per heavy atom. The van der Waals surface area contributed by atoms with E-state index in [2.05, 4.69) is 0 Å². The van der Waals surface area contributed by atoms with Gasteiger partial charge in [-0.3, -0.25) is 18.0 Å². The Bertz CT molecular complexity index is 902. The molecule has 0 radical (unpaired) electrons. The number of carbonyl (C=O) groups excluding carboxylic acids is 2. The van der Waals surface area contributed by atoms with E-state index in [0.29, 0.717) is 25.7 Å². The Hall–Kier alpha value is -1.24. The predicted molar refractivity (Wildman–Crippen MR) is 112 cm³/mol. The maximum Gasteiger partial charge on any atom is 0.323 e. The standard InChI is InChI=1S/C20H32O10S2/c1-5-27-15(21)20(16(22)28-6-2)11-18(12-20)7-17(8-18)9-19(10-17,13-29-31(3,23)24)14-30-32(4,25)26/h5-14H2,1-4H3. The normalized spacial score (nSPS) is 24.1. The Balaban J connectivity index is 1.65. The summed E-state index contributed by atoms with van der Waals surface area (Å²) in [6, 6.07) is 0. The molecule has 0 aromatic rings. The van der Waals surface area contributed by atoms with E-state index >= 15 is 0 Å². The maximum atomic E-state index is 12.5. The van der Waals surface area contributed by atoms with Crippen LogP contribution >= 0.6 is 0 Å². The van der Waals surface area contributed by atoms with Crippen molar-refractivity contribution < 1.29 is 44.3 Å². The smallest absolute Gasteiger partial charge is 0.323 e. The van der Waals surface area contributed by atoms with Crippen LogP contribution in [0.3, 0.4) is 0 Å². The third-order valence-corrected chi connectivity index (χ3v) is 7.94. The van der Waals surface area contributed by atoms with Crippen molar-refractivity contribution in [1.29, 1.82) is 0 Å². The minimum Gasteiger partial charge on any atom is -0.465 e. The molecule has 0 aliphatic heterocycles. The molecule has 0 N–H and O–H groups in total. The van der Waals surface area contributed by atoms with Gasteiger partial charge in [0.2, 0.25) is 0 Å². The molecule has 12 heteroatoms. The van der Waals surface area contributed by atoms with Crippen LogP contribution in [0.1, 0.15) is 52.4 Å². The van der Waals surface area contributed by atoms with Gasteiger partial charge in [-0.05, 0) is 63.2 Å². The van der Waals surface area contributed by atoms with Gasteiger partial charge in [-0.25, -0.2) is 0 Å². The second kappa shape index (κ2) is 8.21. The first-order valence-electron chi connectivity index (χ1n) is 10.7. The van der Waals surface area contributed by atoms with Crippen LogP contribution in [0.2, 0.25) is 0 Å². The average Bonchev–Trinajstić information content (AvgIpc) is 2.55. The van der Waals surface area contributed by atoms with Crippen LogP contribution in [0.25, 0.3) is 0 Å². The summed E-state index contributed by atoms with van der Waals surface area (Å²) in [6.45, 7) is 3.45. The second-order valence-electron chi connectivity index (χ2n) is 10.0. The summed E-state index contributed by atoms with van der Waals surface area (Å²) in [4.78, 5) is 25.1. The zero-order valence-electron chi connectivity index (χ0n) is 19.0. The van der Waals surface area contributed by atoms with E-state index in [-0.39, 0.29) is 37.3 Å². The summed E-state index contributed by atoms with van der Waals surface area (Å²) in [5, 5.41) is 0. The van der Waals surface area contributed by atoms with Gasteiger partial charge in [0.05, 0.1) is 38.9 Å². The van der Waals surface area contributed by atoms with Gasteiger partial charge in [0.1, 0.15) is 0 Å². The van der Waals surface area contributed by atoms with Gasteiger partial charge in [-0.1, -0.05) is 0 Å². The zero-order chi connectivity index (χ0) is 24.1. The Kier molecular flexibility index (Phi) is 6.51. The molecular weight excluding hydrogens is 464 g/mol. The molecule has 0 amide bonds. The number of rotatable bonds is 10. The van der Waals surface area contributed by atoms with Gasteiger partial charge in [0, 0.05) is 5.41 Å². The maximum absolute atomic E-state index is 12.5. The van der Waals surface area contributed by atoms with Crippen LogP contribution in [0, 0.1) is 21.7 Å². The first-order chi connectivity index (χ1) is 14.6. The molecule has 32 heavy (non-hydrogen) atoms. The summed E-state index contributed by atoms with van der Waals surface area (Å²) in [7, 11) is -7.37. The summed E-state index contributed by atoms with van der Waals surface area (Å²) < 4.78 is 66.1. The van der Waals surface area contributed by atoms with Crippen LogP contribution in [-0.2, 0) is 47.7 Å². The molecule has 2 spiro atoms. The van der Waals surface area contributed by atoms with Crippen LogP contribution in [0.4, 0.5) is 0 Å². The van der Waals surface area contributed by atoms with Crippen molar-refractivity contribution in [3.05, 3.63) is 0 Å². The topological polar surface area (TPSA) is 139 Å². The fourth-order valence-electron chi connectivity index (χ4n) is 6.43. The monoisotopic (exact) mass is 496 g/mol. The first-order valence-corrected chi connectivity index (χ1v) is 14.3. The molecular formula is C20H32O10S2. The third-order valence-electron chi connectivity index (χ3n) is 6.84. The van der Waals surface area contributed by atoms with Crippen LogP contribution < -0.4 is 0 Å². The summed E-state index contributed by atoms with van der Waals surface area (Å²) >= 11 is 0. The number of carbonyl (C=O) groups is 2. The van der Waals surface area contributed by atoms with Gasteiger partial charge in [0.15, 0.2) is 5.41 Å². The van der Waals surface area contributed by atoms with Crippen LogP contribution in [-0.4, -0.2) is 67.7 Å². The van der Waals surface area contributed by atoms with Crippen molar-refractivity contribution in [2.24, 2.45) is 21.7 Å². The Morgan fingerprint density at radius 2 is 1.06 bits per heavy atom. The fraction of sp³-hybridized carbons (Fsp3) is 0.900. The van der Waals surface area contributed by atoms with E-state index in [4.69, 9.17) is 17.8 Å². The molecule has 0 aromatic heterocycles. The molecule has 0 aromatic carbocycles. The highest BCUT2D eigenvalue weighted by Gasteiger charge is 2.74. The minimum atomic E-state index is -3.68. The van der Waals surface area contributed by atoms with Crippen molar-refractivity contribution in [3.63, 3.8) is 0 Å². The average molecular weight is 497 g/mol. The van der Waals surface area contributed by atoms with E-state index in [1.807, 2.05) is 0 Å². The lowest BCUT2D eigenvalue weighted by Crippen LogP contribution is -2.68. The lowest BCUT2D eigenvalue weighted by Gasteiger charge is -2.72. The van der Waals surface area contributed by atoms with E-state index in [0.717, 1.165) is 25.4 Å². The minimum absolute atomic E-state index is 0.1000. The van der Waals surface area contributed by atoms with Crippen molar-refractivity contribution in [3.8, 4) is 0 Å². The van der Waals surface area contributed by atoms with Crippen LogP contribution in [0.15, 0.2) is 0 Å². The molecule has 3 saturated carbocycles. The van der Waals surface area contributed by atoms with Crippen molar-refractivity contribution in [1.82, 2.24) is 0 Å². The summed E-state index contributed by atoms with van der Waals surface area (Å²) in [5.74, 6) is -1.09. The lowest BCUT2D eigenvalue weighted by molar-refractivity contribution is -0.250. The van der Waals surface area contributed by atoms with E-state index in [1.54, 1.807) is 13.8 Å². The van der Waals surface area contributed by atoms with Crippen molar-refractivity contribution in [2.75, 3.05) is 38.9 Å². The highest BCUT2D eigenvalue weighted by atomic mass is 32.2. The quantitative estimate of drug-likeness (QED) is 0.248. The highest BCUT2D eigenvalue weighted by Crippen LogP contribution is 2.78. The Labute approximate surface area is 189 Å². The van der Waals surface area contributed by atoms with Gasteiger partial charge in [0.25, 0.3) is 20.2 Å². The molecule has 10 nitrogen and oxygen atoms in total. The van der Waals surface area contributed by atoms with Gasteiger partial charge in [-0.2, -0.15) is 16.8 Å². The summed E-state index contributed by atoms with van der Waals surface area (Å²) in [6.07, 6.45) is 5.27. The molecule has 3 aliphatic rings. The van der Waals surface area contributed by atoms with E-state index in [9.17, 15) is 26.4 Å². The number of hydrogen-bond acceptors (Lipinski definition) is 10. The molecule has 0 bridgehead atoms. The highest BCUT2D eigenvalue weighted by molar-refractivity contribution is 7.86. The molecule has 184 valence electrons. The molecule has 0 saturated heterocycles. The molecule has 0 unspecified atom stereocenters. The van der Waals surface area contributed by atoms with Crippen molar-refractivity contribution >= 4 is 32.2 Å². The van der Waals surface area contributed by atoms with Gasteiger partial charge < -0.3 is 9.47 Å². The van der Waals surface area contributed by atoms with Crippen molar-refractivity contribution in [2.45, 2.75) is 52.4 Å². The molecule has 0 heterocycles. The first kappa shape index (κ1) is 25.4. The zero-order valence-corrected chi connectivity index (χ0v) is 20.6. The number of ether oxygens (including phenoxy) is 2. The van der Waals surface area contributed by atoms with Gasteiger partial charge in [-0.15, -0.1) is 0 Å². The van der Waals surface area contributed by atoms with E-state index in [1.165, 1.54) is 0 Å². The third kappa shape index (κ3) is 4.97. The fourth-order valence-corrected chi connectivity index (χ4v) is 7.36. The lowest BCUT2D eigenvalue weighted by atomic mass is 9.31. The number of hydrogen-bond donors (Lipinski definition) is 0. The van der Waals surface area contributed by atoms with E-state index < -0.39 is 43.0 Å². The second-order valence-corrected chi connectivity index (χ2v) is 13.3. The van der Waals surface area contributed by atoms with Gasteiger partial charge >= 0.3 is 11.9 Å². The molecule has 0 atom stereocenters. The Morgan fingerprint density at radius 1 is 0.688 bits per heavy atom.